The Morgan fingerprint density at radius 1 is 1.05 bits per heavy atom. The van der Waals surface area contributed by atoms with Gasteiger partial charge in [-0.2, -0.15) is 12.8 Å². The van der Waals surface area contributed by atoms with Gasteiger partial charge in [-0.05, 0) is 24.6 Å². The molecule has 1 aliphatic heterocycles. The van der Waals surface area contributed by atoms with Crippen molar-refractivity contribution in [2.24, 2.45) is 4.40 Å². The number of nitrogens with zero attached hydrogens (tertiary/aromatic N) is 1. The third-order valence-electron chi connectivity index (χ3n) is 3.13. The van der Waals surface area contributed by atoms with Gasteiger partial charge in [0.2, 0.25) is 0 Å². The minimum atomic E-state index is -3.64. The monoisotopic (exact) mass is 303 g/mol. The highest BCUT2D eigenvalue weighted by Gasteiger charge is 2.21. The van der Waals surface area contributed by atoms with E-state index in [4.69, 9.17) is 0 Å². The van der Waals surface area contributed by atoms with Gasteiger partial charge in [-0.3, -0.25) is 0 Å². The van der Waals surface area contributed by atoms with Crippen molar-refractivity contribution >= 4 is 26.8 Å². The fourth-order valence-corrected chi connectivity index (χ4v) is 4.33. The quantitative estimate of drug-likeness (QED) is 0.854. The van der Waals surface area contributed by atoms with Crippen LogP contribution in [0.4, 0.5) is 0 Å². The SMILES string of the molecule is Cc1ccc(S(=O)(=O)/N=C2\SCc3ccccc32)cc1. The molecule has 20 heavy (non-hydrogen) atoms. The molecule has 0 saturated carbocycles. The van der Waals surface area contributed by atoms with E-state index in [0.29, 0.717) is 5.04 Å². The first kappa shape index (κ1) is 13.4. The van der Waals surface area contributed by atoms with Crippen molar-refractivity contribution in [2.45, 2.75) is 17.6 Å². The van der Waals surface area contributed by atoms with Crippen molar-refractivity contribution in [3.8, 4) is 0 Å². The van der Waals surface area contributed by atoms with Gasteiger partial charge in [-0.1, -0.05) is 42.0 Å². The number of hydrogen-bond donors (Lipinski definition) is 0. The van der Waals surface area contributed by atoms with Crippen LogP contribution < -0.4 is 0 Å². The van der Waals surface area contributed by atoms with Crippen molar-refractivity contribution in [1.82, 2.24) is 0 Å². The molecule has 102 valence electrons. The summed E-state index contributed by atoms with van der Waals surface area (Å²) < 4.78 is 28.6. The van der Waals surface area contributed by atoms with Crippen LogP contribution in [0.15, 0.2) is 57.8 Å². The van der Waals surface area contributed by atoms with E-state index >= 15 is 0 Å². The number of rotatable bonds is 2. The van der Waals surface area contributed by atoms with Crippen molar-refractivity contribution in [2.75, 3.05) is 0 Å². The molecule has 0 unspecified atom stereocenters. The van der Waals surface area contributed by atoms with E-state index in [1.54, 1.807) is 24.3 Å². The third kappa shape index (κ3) is 2.51. The zero-order valence-corrected chi connectivity index (χ0v) is 12.5. The smallest absolute Gasteiger partial charge is 0.199 e. The number of aryl methyl sites for hydroxylation is 1. The van der Waals surface area contributed by atoms with E-state index in [2.05, 4.69) is 4.40 Å². The molecule has 0 bridgehead atoms. The number of thioether (sulfide) groups is 1. The summed E-state index contributed by atoms with van der Waals surface area (Å²) in [5.74, 6) is 0.776. The minimum Gasteiger partial charge on any atom is -0.199 e. The predicted octanol–water partition coefficient (Wildman–Crippen LogP) is 3.38. The second-order valence-electron chi connectivity index (χ2n) is 4.63. The molecular weight excluding hydrogens is 290 g/mol. The molecule has 0 atom stereocenters. The standard InChI is InChI=1S/C15H13NO2S2/c1-11-6-8-13(9-7-11)20(17,18)16-15-14-5-3-2-4-12(14)10-19-15/h2-9H,10H2,1H3/b16-15-. The van der Waals surface area contributed by atoms with Crippen molar-refractivity contribution in [3.63, 3.8) is 0 Å². The van der Waals surface area contributed by atoms with Gasteiger partial charge >= 0.3 is 0 Å². The summed E-state index contributed by atoms with van der Waals surface area (Å²) in [4.78, 5) is 0.237. The van der Waals surface area contributed by atoms with Crippen LogP contribution >= 0.6 is 11.8 Å². The van der Waals surface area contributed by atoms with Gasteiger partial charge in [0.05, 0.1) is 4.90 Å². The van der Waals surface area contributed by atoms with Crippen molar-refractivity contribution in [3.05, 3.63) is 65.2 Å². The Labute approximate surface area is 122 Å². The fraction of sp³-hybridized carbons (Fsp3) is 0.133. The lowest BCUT2D eigenvalue weighted by Gasteiger charge is -2.02. The van der Waals surface area contributed by atoms with E-state index in [1.165, 1.54) is 11.8 Å². The number of hydrogen-bond acceptors (Lipinski definition) is 3. The molecule has 0 aliphatic carbocycles. The van der Waals surface area contributed by atoms with Gasteiger partial charge in [0.1, 0.15) is 5.04 Å². The number of benzene rings is 2. The maximum absolute atomic E-state index is 12.3. The molecule has 0 saturated heterocycles. The van der Waals surface area contributed by atoms with Gasteiger partial charge < -0.3 is 0 Å². The molecule has 0 fully saturated rings. The topological polar surface area (TPSA) is 46.5 Å². The molecule has 0 amide bonds. The highest BCUT2D eigenvalue weighted by molar-refractivity contribution is 8.14. The lowest BCUT2D eigenvalue weighted by Crippen LogP contribution is -2.01. The minimum absolute atomic E-state index is 0.237. The molecule has 0 N–H and O–H groups in total. The van der Waals surface area contributed by atoms with E-state index in [1.807, 2.05) is 31.2 Å². The van der Waals surface area contributed by atoms with Crippen molar-refractivity contribution in [1.29, 1.82) is 0 Å². The van der Waals surface area contributed by atoms with Crippen LogP contribution in [0.5, 0.6) is 0 Å². The Balaban J connectivity index is 2.02. The summed E-state index contributed by atoms with van der Waals surface area (Å²) in [6.07, 6.45) is 0. The van der Waals surface area contributed by atoms with E-state index < -0.39 is 10.0 Å². The molecule has 5 heteroatoms. The average Bonchev–Trinajstić information content (AvgIpc) is 2.82. The Bertz CT molecular complexity index is 778. The first-order valence-electron chi connectivity index (χ1n) is 6.19. The highest BCUT2D eigenvalue weighted by atomic mass is 32.2. The first-order valence-corrected chi connectivity index (χ1v) is 8.61. The van der Waals surface area contributed by atoms with E-state index in [0.717, 1.165) is 22.4 Å². The number of fused-ring (bicyclic) bond motifs is 1. The van der Waals surface area contributed by atoms with Gasteiger partial charge in [0.15, 0.2) is 0 Å². The second kappa shape index (κ2) is 5.07. The van der Waals surface area contributed by atoms with Crippen LogP contribution in [0.25, 0.3) is 0 Å². The van der Waals surface area contributed by atoms with E-state index in [-0.39, 0.29) is 4.90 Å². The third-order valence-corrected chi connectivity index (χ3v) is 5.58. The van der Waals surface area contributed by atoms with Crippen LogP contribution in [-0.2, 0) is 15.8 Å². The molecule has 1 heterocycles. The van der Waals surface area contributed by atoms with Crippen LogP contribution in [0.3, 0.4) is 0 Å². The molecule has 3 rings (SSSR count). The van der Waals surface area contributed by atoms with Crippen LogP contribution in [0, 0.1) is 6.92 Å². The predicted molar refractivity (Wildman–Crippen MR) is 82.6 cm³/mol. The lowest BCUT2D eigenvalue weighted by atomic mass is 10.1. The Hall–Kier alpha value is -1.59. The van der Waals surface area contributed by atoms with Crippen LogP contribution in [0.2, 0.25) is 0 Å². The summed E-state index contributed by atoms with van der Waals surface area (Å²) >= 11 is 1.47. The molecule has 0 spiro atoms. The summed E-state index contributed by atoms with van der Waals surface area (Å²) in [7, 11) is -3.64. The average molecular weight is 303 g/mol. The Kier molecular flexibility index (Phi) is 3.40. The largest absolute Gasteiger partial charge is 0.283 e. The van der Waals surface area contributed by atoms with Gasteiger partial charge in [-0.25, -0.2) is 0 Å². The fourth-order valence-electron chi connectivity index (χ4n) is 2.03. The number of sulfonamides is 1. The molecular formula is C15H13NO2S2. The summed E-state index contributed by atoms with van der Waals surface area (Å²) in [5, 5.41) is 0.584. The maximum atomic E-state index is 12.3. The van der Waals surface area contributed by atoms with Gasteiger partial charge in [-0.15, -0.1) is 11.8 Å². The zero-order valence-electron chi connectivity index (χ0n) is 10.9. The van der Waals surface area contributed by atoms with Crippen molar-refractivity contribution < 1.29 is 8.42 Å². The van der Waals surface area contributed by atoms with E-state index in [9.17, 15) is 8.42 Å². The maximum Gasteiger partial charge on any atom is 0.283 e. The molecule has 0 aromatic heterocycles. The Morgan fingerprint density at radius 2 is 1.75 bits per heavy atom. The normalized spacial score (nSPS) is 16.4. The first-order chi connectivity index (χ1) is 9.56. The lowest BCUT2D eigenvalue weighted by molar-refractivity contribution is 0.598. The molecule has 2 aromatic rings. The van der Waals surface area contributed by atoms with Gasteiger partial charge in [0.25, 0.3) is 10.0 Å². The highest BCUT2D eigenvalue weighted by Crippen LogP contribution is 2.31. The zero-order chi connectivity index (χ0) is 14.2. The molecule has 3 nitrogen and oxygen atoms in total. The molecule has 2 aromatic carbocycles. The summed E-state index contributed by atoms with van der Waals surface area (Å²) in [6.45, 7) is 1.92. The molecule has 1 aliphatic rings. The van der Waals surface area contributed by atoms with Crippen LogP contribution in [0.1, 0.15) is 16.7 Å². The Morgan fingerprint density at radius 3 is 2.50 bits per heavy atom. The van der Waals surface area contributed by atoms with Gasteiger partial charge in [0, 0.05) is 11.3 Å². The molecule has 0 radical (unpaired) electrons. The summed E-state index contributed by atoms with van der Waals surface area (Å²) in [5.41, 5.74) is 3.08. The van der Waals surface area contributed by atoms with Crippen LogP contribution in [-0.4, -0.2) is 13.5 Å². The summed E-state index contributed by atoms with van der Waals surface area (Å²) in [6, 6.07) is 14.5. The second-order valence-corrected chi connectivity index (χ2v) is 7.20.